The molecule has 1 saturated heterocycles. The number of anilines is 2. The average Bonchev–Trinajstić information content (AvgIpc) is 2.78. The Bertz CT molecular complexity index is 608. The Morgan fingerprint density at radius 3 is 2.89 bits per heavy atom. The van der Waals surface area contributed by atoms with Gasteiger partial charge in [-0.1, -0.05) is 11.3 Å². The molecule has 0 amide bonds. The predicted octanol–water partition coefficient (Wildman–Crippen LogP) is 1.41. The molecule has 7 heteroatoms. The summed E-state index contributed by atoms with van der Waals surface area (Å²) in [4.78, 5) is 15.8. The molecule has 1 fully saturated rings. The molecule has 3 rings (SSSR count). The van der Waals surface area contributed by atoms with Crippen LogP contribution in [0.2, 0.25) is 0 Å². The smallest absolute Gasteiger partial charge is 0.191 e. The third-order valence-electron chi connectivity index (χ3n) is 3.13. The molecule has 2 aromatic rings. The molecular formula is C11H12N6S. The number of nitrogens with two attached hydrogens (primary N) is 1. The van der Waals surface area contributed by atoms with Crippen LogP contribution in [0.1, 0.15) is 12.8 Å². The van der Waals surface area contributed by atoms with E-state index in [4.69, 9.17) is 11.0 Å². The zero-order chi connectivity index (χ0) is 12.5. The molecule has 1 aliphatic rings. The monoisotopic (exact) mass is 260 g/mol. The fraction of sp³-hybridized carbons (Fsp3) is 0.455. The first-order chi connectivity index (χ1) is 8.76. The van der Waals surface area contributed by atoms with Crippen LogP contribution in [0.4, 0.5) is 10.9 Å². The van der Waals surface area contributed by atoms with Crippen LogP contribution in [0.15, 0.2) is 6.20 Å². The van der Waals surface area contributed by atoms with Gasteiger partial charge >= 0.3 is 0 Å². The summed E-state index contributed by atoms with van der Waals surface area (Å²) in [5, 5.41) is 9.37. The normalized spacial score (nSPS) is 16.9. The predicted molar refractivity (Wildman–Crippen MR) is 70.2 cm³/mol. The minimum Gasteiger partial charge on any atom is -0.375 e. The van der Waals surface area contributed by atoms with Gasteiger partial charge < -0.3 is 10.6 Å². The van der Waals surface area contributed by atoms with E-state index in [1.54, 1.807) is 6.20 Å². The van der Waals surface area contributed by atoms with Gasteiger partial charge in [-0.25, -0.2) is 9.97 Å². The van der Waals surface area contributed by atoms with Crippen molar-refractivity contribution in [2.45, 2.75) is 12.8 Å². The molecule has 2 N–H and O–H groups in total. The summed E-state index contributed by atoms with van der Waals surface area (Å²) >= 11 is 1.35. The number of rotatable bonds is 1. The lowest BCUT2D eigenvalue weighted by molar-refractivity contribution is 0.485. The lowest BCUT2D eigenvalue weighted by atomic mass is 9.99. The Morgan fingerprint density at radius 1 is 1.39 bits per heavy atom. The van der Waals surface area contributed by atoms with Gasteiger partial charge in [-0.15, -0.1) is 0 Å². The molecule has 0 saturated carbocycles. The maximum Gasteiger partial charge on any atom is 0.191 e. The fourth-order valence-electron chi connectivity index (χ4n) is 2.12. The highest BCUT2D eigenvalue weighted by molar-refractivity contribution is 7.21. The Morgan fingerprint density at radius 2 is 2.17 bits per heavy atom. The fourth-order valence-corrected chi connectivity index (χ4v) is 2.78. The number of thiazole rings is 1. The summed E-state index contributed by atoms with van der Waals surface area (Å²) in [5.41, 5.74) is 6.24. The molecule has 1 aliphatic heterocycles. The van der Waals surface area contributed by atoms with Crippen LogP contribution in [-0.4, -0.2) is 28.0 Å². The van der Waals surface area contributed by atoms with Crippen molar-refractivity contribution >= 4 is 32.8 Å². The minimum absolute atomic E-state index is 0.178. The van der Waals surface area contributed by atoms with E-state index < -0.39 is 0 Å². The molecule has 0 unspecified atom stereocenters. The van der Waals surface area contributed by atoms with Crippen molar-refractivity contribution in [2.75, 3.05) is 23.7 Å². The highest BCUT2D eigenvalue weighted by Crippen LogP contribution is 2.25. The van der Waals surface area contributed by atoms with E-state index >= 15 is 0 Å². The van der Waals surface area contributed by atoms with Crippen molar-refractivity contribution in [1.82, 2.24) is 15.0 Å². The number of nitrogen functional groups attached to an aromatic ring is 1. The Hall–Kier alpha value is -1.94. The summed E-state index contributed by atoms with van der Waals surface area (Å²) in [6.45, 7) is 1.71. The zero-order valence-electron chi connectivity index (χ0n) is 9.70. The summed E-state index contributed by atoms with van der Waals surface area (Å²) < 4.78 is 0. The second-order valence-electron chi connectivity index (χ2n) is 4.30. The van der Waals surface area contributed by atoms with E-state index in [0.717, 1.165) is 36.6 Å². The second kappa shape index (κ2) is 4.38. The van der Waals surface area contributed by atoms with Crippen molar-refractivity contribution in [3.63, 3.8) is 0 Å². The van der Waals surface area contributed by atoms with Gasteiger partial charge in [-0.05, 0) is 12.8 Å². The molecule has 2 aromatic heterocycles. The molecule has 0 bridgehead atoms. The molecule has 18 heavy (non-hydrogen) atoms. The highest BCUT2D eigenvalue weighted by Gasteiger charge is 2.20. The molecule has 92 valence electrons. The van der Waals surface area contributed by atoms with Crippen LogP contribution in [-0.2, 0) is 0 Å². The van der Waals surface area contributed by atoms with E-state index in [0.29, 0.717) is 10.8 Å². The molecule has 0 spiro atoms. The second-order valence-corrected chi connectivity index (χ2v) is 5.31. The third kappa shape index (κ3) is 1.95. The van der Waals surface area contributed by atoms with Gasteiger partial charge in [-0.3, -0.25) is 0 Å². The van der Waals surface area contributed by atoms with Gasteiger partial charge in [0.25, 0.3) is 0 Å². The van der Waals surface area contributed by atoms with Crippen LogP contribution in [0, 0.1) is 17.2 Å². The molecule has 3 heterocycles. The topological polar surface area (TPSA) is 91.7 Å². The Labute approximate surface area is 108 Å². The van der Waals surface area contributed by atoms with Gasteiger partial charge in [0.1, 0.15) is 5.82 Å². The Kier molecular flexibility index (Phi) is 2.72. The van der Waals surface area contributed by atoms with Gasteiger partial charge in [0.15, 0.2) is 15.6 Å². The number of nitrogens with zero attached hydrogens (tertiary/aromatic N) is 5. The van der Waals surface area contributed by atoms with Gasteiger partial charge in [0.05, 0.1) is 12.3 Å². The summed E-state index contributed by atoms with van der Waals surface area (Å²) in [6, 6.07) is 2.32. The first-order valence-corrected chi connectivity index (χ1v) is 6.61. The van der Waals surface area contributed by atoms with E-state index in [1.165, 1.54) is 11.3 Å². The lowest BCUT2D eigenvalue weighted by Gasteiger charge is -2.29. The number of hydrogen-bond donors (Lipinski definition) is 1. The first kappa shape index (κ1) is 11.2. The molecular weight excluding hydrogens is 248 g/mol. The van der Waals surface area contributed by atoms with Crippen molar-refractivity contribution in [3.8, 4) is 6.07 Å². The van der Waals surface area contributed by atoms with Crippen molar-refractivity contribution in [1.29, 1.82) is 5.26 Å². The zero-order valence-corrected chi connectivity index (χ0v) is 10.5. The molecule has 0 radical (unpaired) electrons. The maximum atomic E-state index is 8.87. The van der Waals surface area contributed by atoms with Crippen molar-refractivity contribution in [2.24, 2.45) is 5.92 Å². The summed E-state index contributed by atoms with van der Waals surface area (Å²) in [6.07, 6.45) is 3.51. The standard InChI is InChI=1S/C11H12N6S/c12-5-7-1-3-17(4-2-7)8-6-14-9-10(15-8)18-11(13)16-9/h6-7H,1-4H2,(H2,13,14,16). The van der Waals surface area contributed by atoms with Crippen LogP contribution < -0.4 is 10.6 Å². The molecule has 0 aromatic carbocycles. The quantitative estimate of drug-likeness (QED) is 0.833. The highest BCUT2D eigenvalue weighted by atomic mass is 32.1. The molecule has 0 atom stereocenters. The summed E-state index contributed by atoms with van der Waals surface area (Å²) in [5.74, 6) is 1.03. The largest absolute Gasteiger partial charge is 0.375 e. The number of hydrogen-bond acceptors (Lipinski definition) is 7. The van der Waals surface area contributed by atoms with Crippen LogP contribution >= 0.6 is 11.3 Å². The maximum absolute atomic E-state index is 8.87. The summed E-state index contributed by atoms with van der Waals surface area (Å²) in [7, 11) is 0. The first-order valence-electron chi connectivity index (χ1n) is 5.80. The van der Waals surface area contributed by atoms with E-state index in [2.05, 4.69) is 25.9 Å². The van der Waals surface area contributed by atoms with Gasteiger partial charge in [0, 0.05) is 19.0 Å². The molecule has 0 aliphatic carbocycles. The number of aromatic nitrogens is 3. The van der Waals surface area contributed by atoms with Crippen molar-refractivity contribution in [3.05, 3.63) is 6.20 Å². The third-order valence-corrected chi connectivity index (χ3v) is 3.90. The number of piperidine rings is 1. The number of fused-ring (bicyclic) bond motifs is 1. The minimum atomic E-state index is 0.178. The van der Waals surface area contributed by atoms with E-state index in [1.807, 2.05) is 0 Å². The van der Waals surface area contributed by atoms with Crippen LogP contribution in [0.3, 0.4) is 0 Å². The van der Waals surface area contributed by atoms with Crippen molar-refractivity contribution < 1.29 is 0 Å². The van der Waals surface area contributed by atoms with E-state index in [-0.39, 0.29) is 5.92 Å². The van der Waals surface area contributed by atoms with Gasteiger partial charge in [0.2, 0.25) is 0 Å². The lowest BCUT2D eigenvalue weighted by Crippen LogP contribution is -2.33. The number of nitriles is 1. The van der Waals surface area contributed by atoms with E-state index in [9.17, 15) is 0 Å². The molecule has 6 nitrogen and oxygen atoms in total. The van der Waals surface area contributed by atoms with Gasteiger partial charge in [-0.2, -0.15) is 10.2 Å². The average molecular weight is 260 g/mol. The Balaban J connectivity index is 1.84. The van der Waals surface area contributed by atoms with Crippen LogP contribution in [0.5, 0.6) is 0 Å². The SMILES string of the molecule is N#CC1CCN(c2cnc3nc(N)sc3n2)CC1. The van der Waals surface area contributed by atoms with Crippen LogP contribution in [0.25, 0.3) is 10.5 Å².